The highest BCUT2D eigenvalue weighted by atomic mass is 16.2. The van der Waals surface area contributed by atoms with Crippen molar-refractivity contribution in [2.24, 2.45) is 35.5 Å². The number of rotatable bonds is 3. The van der Waals surface area contributed by atoms with Crippen molar-refractivity contribution in [2.75, 3.05) is 5.32 Å². The Morgan fingerprint density at radius 2 is 1.56 bits per heavy atom. The van der Waals surface area contributed by atoms with E-state index >= 15 is 0 Å². The minimum absolute atomic E-state index is 0.154. The molecule has 0 aromatic heterocycles. The highest BCUT2D eigenvalue weighted by molar-refractivity contribution is 6.10. The summed E-state index contributed by atoms with van der Waals surface area (Å²) >= 11 is 0. The van der Waals surface area contributed by atoms with Crippen molar-refractivity contribution in [3.8, 4) is 0 Å². The van der Waals surface area contributed by atoms with E-state index in [1.807, 2.05) is 32.0 Å². The number of carbonyl (C=O) groups is 3. The molecular weight excluding hydrogens is 340 g/mol. The van der Waals surface area contributed by atoms with Crippen molar-refractivity contribution in [2.45, 2.75) is 33.2 Å². The molecule has 1 N–H and O–H groups in total. The molecule has 3 fully saturated rings. The lowest BCUT2D eigenvalue weighted by Gasteiger charge is -2.37. The highest BCUT2D eigenvalue weighted by Crippen LogP contribution is 2.65. The molecule has 2 saturated carbocycles. The zero-order chi connectivity index (χ0) is 19.0. The fourth-order valence-corrected chi connectivity index (χ4v) is 5.72. The number of aryl methyl sites for hydroxylation is 2. The SMILES string of the molecule is Cc1cccc(C)c1NC(=O)[C@@H](C)N1C(=O)[C@H]2[C@@H]3C=C[C@H]([C@H]4C[C@H]34)[C@@H]2C1=O. The van der Waals surface area contributed by atoms with Gasteiger partial charge in [0.05, 0.1) is 11.8 Å². The van der Waals surface area contributed by atoms with Crippen molar-refractivity contribution in [3.05, 3.63) is 41.5 Å². The smallest absolute Gasteiger partial charge is 0.247 e. The van der Waals surface area contributed by atoms with Crippen LogP contribution in [0.2, 0.25) is 0 Å². The number of amides is 3. The molecule has 1 aromatic rings. The van der Waals surface area contributed by atoms with Gasteiger partial charge in [0.15, 0.2) is 0 Å². The number of nitrogens with one attached hydrogen (secondary N) is 1. The number of allylic oxidation sites excluding steroid dienone is 2. The first-order valence-electron chi connectivity index (χ1n) is 9.82. The molecular formula is C22H24N2O3. The lowest BCUT2D eigenvalue weighted by Crippen LogP contribution is -2.46. The third kappa shape index (κ3) is 2.20. The van der Waals surface area contributed by atoms with Gasteiger partial charge < -0.3 is 5.32 Å². The molecule has 0 spiro atoms. The monoisotopic (exact) mass is 364 g/mol. The summed E-state index contributed by atoms with van der Waals surface area (Å²) < 4.78 is 0. The van der Waals surface area contributed by atoms with Crippen LogP contribution in [0.1, 0.15) is 24.5 Å². The zero-order valence-corrected chi connectivity index (χ0v) is 15.8. The normalized spacial score (nSPS) is 36.5. The van der Waals surface area contributed by atoms with E-state index in [9.17, 15) is 14.4 Å². The Morgan fingerprint density at radius 3 is 2.07 bits per heavy atom. The molecule has 3 amide bonds. The summed E-state index contributed by atoms with van der Waals surface area (Å²) in [6, 6.07) is 5.01. The van der Waals surface area contributed by atoms with Crippen LogP contribution in [0.4, 0.5) is 5.69 Å². The Bertz CT molecular complexity index is 849. The van der Waals surface area contributed by atoms with Crippen LogP contribution >= 0.6 is 0 Å². The topological polar surface area (TPSA) is 66.5 Å². The third-order valence-corrected chi connectivity index (χ3v) is 7.19. The van der Waals surface area contributed by atoms with E-state index < -0.39 is 6.04 Å². The molecule has 1 aliphatic heterocycles. The minimum Gasteiger partial charge on any atom is -0.324 e. The summed E-state index contributed by atoms with van der Waals surface area (Å²) in [5.41, 5.74) is 2.69. The summed E-state index contributed by atoms with van der Waals surface area (Å²) in [7, 11) is 0. The fraction of sp³-hybridized carbons (Fsp3) is 0.500. The number of benzene rings is 1. The Balaban J connectivity index is 1.40. The predicted octanol–water partition coefficient (Wildman–Crippen LogP) is 2.68. The maximum Gasteiger partial charge on any atom is 0.247 e. The van der Waals surface area contributed by atoms with Crippen LogP contribution in [0, 0.1) is 49.4 Å². The number of nitrogens with zero attached hydrogens (tertiary/aromatic N) is 1. The summed E-state index contributed by atoms with van der Waals surface area (Å²) in [5.74, 6) is 0.364. The number of likely N-dealkylation sites (tertiary alicyclic amines) is 1. The van der Waals surface area contributed by atoms with Gasteiger partial charge in [-0.15, -0.1) is 0 Å². The summed E-state index contributed by atoms with van der Waals surface area (Å²) in [6.45, 7) is 5.53. The van der Waals surface area contributed by atoms with Gasteiger partial charge in [0.25, 0.3) is 0 Å². The van der Waals surface area contributed by atoms with Crippen LogP contribution in [-0.2, 0) is 14.4 Å². The van der Waals surface area contributed by atoms with Gasteiger partial charge >= 0.3 is 0 Å². The second-order valence-electron chi connectivity index (χ2n) is 8.63. The zero-order valence-electron chi connectivity index (χ0n) is 15.8. The van der Waals surface area contributed by atoms with E-state index in [4.69, 9.17) is 0 Å². The van der Waals surface area contributed by atoms with Gasteiger partial charge in [0.1, 0.15) is 6.04 Å². The maximum absolute atomic E-state index is 13.1. The number of anilines is 1. The molecule has 0 radical (unpaired) electrons. The van der Waals surface area contributed by atoms with Gasteiger partial charge in [0.2, 0.25) is 17.7 Å². The first-order valence-corrected chi connectivity index (χ1v) is 9.82. The van der Waals surface area contributed by atoms with Crippen LogP contribution in [0.3, 0.4) is 0 Å². The molecule has 4 aliphatic carbocycles. The summed E-state index contributed by atoms with van der Waals surface area (Å²) in [4.78, 5) is 40.4. The van der Waals surface area contributed by atoms with Crippen LogP contribution < -0.4 is 5.32 Å². The second-order valence-corrected chi connectivity index (χ2v) is 8.63. The quantitative estimate of drug-likeness (QED) is 0.662. The number of carbonyl (C=O) groups excluding carboxylic acids is 3. The molecule has 1 heterocycles. The molecule has 2 bridgehead atoms. The van der Waals surface area contributed by atoms with Crippen molar-refractivity contribution < 1.29 is 14.4 Å². The molecule has 1 aromatic carbocycles. The molecule has 27 heavy (non-hydrogen) atoms. The van der Waals surface area contributed by atoms with E-state index in [0.29, 0.717) is 11.8 Å². The fourth-order valence-electron chi connectivity index (χ4n) is 5.72. The van der Waals surface area contributed by atoms with E-state index in [-0.39, 0.29) is 41.4 Å². The first-order chi connectivity index (χ1) is 12.9. The molecule has 5 heteroatoms. The minimum atomic E-state index is -0.801. The van der Waals surface area contributed by atoms with Gasteiger partial charge in [-0.3, -0.25) is 19.3 Å². The number of para-hydroxylation sites is 1. The Labute approximate surface area is 158 Å². The average Bonchev–Trinajstić information content (AvgIpc) is 3.42. The van der Waals surface area contributed by atoms with Crippen molar-refractivity contribution in [1.82, 2.24) is 4.90 Å². The Kier molecular flexibility index (Phi) is 3.43. The van der Waals surface area contributed by atoms with Crippen LogP contribution in [0.25, 0.3) is 0 Å². The lowest BCUT2D eigenvalue weighted by atomic mass is 9.63. The van der Waals surface area contributed by atoms with Gasteiger partial charge in [-0.2, -0.15) is 0 Å². The van der Waals surface area contributed by atoms with Crippen LogP contribution in [0.15, 0.2) is 30.4 Å². The standard InChI is InChI=1S/C22H24N2O3/c1-10-5-4-6-11(2)19(10)23-20(25)12(3)24-21(26)17-13-7-8-14(16-9-15(13)16)18(17)22(24)27/h4-8,12-18H,9H2,1-3H3,(H,23,25)/t12-,13-,14-,15-,16-,17+,18+/m1/s1. The lowest BCUT2D eigenvalue weighted by molar-refractivity contribution is -0.146. The maximum atomic E-state index is 13.1. The van der Waals surface area contributed by atoms with Crippen LogP contribution in [-0.4, -0.2) is 28.7 Å². The van der Waals surface area contributed by atoms with E-state index in [1.165, 1.54) is 4.90 Å². The predicted molar refractivity (Wildman–Crippen MR) is 101 cm³/mol. The summed E-state index contributed by atoms with van der Waals surface area (Å²) in [5, 5.41) is 2.93. The second kappa shape index (κ2) is 5.54. The molecule has 0 unspecified atom stereocenters. The Hall–Kier alpha value is -2.43. The molecule has 5 nitrogen and oxygen atoms in total. The molecule has 6 rings (SSSR count). The molecule has 5 aliphatic rings. The van der Waals surface area contributed by atoms with Crippen molar-refractivity contribution in [1.29, 1.82) is 0 Å². The molecule has 7 atom stereocenters. The Morgan fingerprint density at radius 1 is 1.04 bits per heavy atom. The number of hydrogen-bond acceptors (Lipinski definition) is 3. The number of imide groups is 1. The van der Waals surface area contributed by atoms with Gasteiger partial charge in [0, 0.05) is 5.69 Å². The van der Waals surface area contributed by atoms with E-state index in [1.54, 1.807) is 6.92 Å². The van der Waals surface area contributed by atoms with E-state index in [2.05, 4.69) is 17.5 Å². The summed E-state index contributed by atoms with van der Waals surface area (Å²) in [6.07, 6.45) is 5.44. The van der Waals surface area contributed by atoms with Crippen molar-refractivity contribution in [3.63, 3.8) is 0 Å². The largest absolute Gasteiger partial charge is 0.324 e. The van der Waals surface area contributed by atoms with E-state index in [0.717, 1.165) is 23.2 Å². The van der Waals surface area contributed by atoms with Gasteiger partial charge in [-0.05, 0) is 62.0 Å². The number of hydrogen-bond donors (Lipinski definition) is 1. The van der Waals surface area contributed by atoms with Crippen molar-refractivity contribution >= 4 is 23.4 Å². The van der Waals surface area contributed by atoms with Gasteiger partial charge in [-0.25, -0.2) is 0 Å². The molecule has 1 saturated heterocycles. The molecule has 140 valence electrons. The third-order valence-electron chi connectivity index (χ3n) is 7.19. The highest BCUT2D eigenvalue weighted by Gasteiger charge is 2.67. The van der Waals surface area contributed by atoms with Gasteiger partial charge in [-0.1, -0.05) is 30.4 Å². The van der Waals surface area contributed by atoms with Crippen LogP contribution in [0.5, 0.6) is 0 Å². The average molecular weight is 364 g/mol. The first kappa shape index (κ1) is 16.7.